The van der Waals surface area contributed by atoms with Crippen LogP contribution in [0.25, 0.3) is 10.4 Å². The maximum absolute atomic E-state index is 5.89. The zero-order valence-corrected chi connectivity index (χ0v) is 13.6. The summed E-state index contributed by atoms with van der Waals surface area (Å²) in [6.07, 6.45) is 0. The molecule has 0 saturated carbocycles. The molecular weight excluding hydrogens is 362 g/mol. The highest BCUT2D eigenvalue weighted by Gasteiger charge is 2.12. The molecule has 1 atom stereocenters. The minimum Gasteiger partial charge on any atom is -0.324 e. The molecule has 17 heavy (non-hydrogen) atoms. The topological polar surface area (TPSA) is 26.0 Å². The van der Waals surface area contributed by atoms with Crippen molar-refractivity contribution < 1.29 is 0 Å². The molecule has 2 rings (SSSR count). The predicted octanol–water partition coefficient (Wildman–Crippen LogP) is 5.27. The Morgan fingerprint density at radius 1 is 1.18 bits per heavy atom. The zero-order chi connectivity index (χ0) is 12.6. The second kappa shape index (κ2) is 5.22. The molecule has 0 saturated heterocycles. The van der Waals surface area contributed by atoms with Crippen molar-refractivity contribution in [1.29, 1.82) is 0 Å². The summed E-state index contributed by atoms with van der Waals surface area (Å²) in [5.41, 5.74) is 8.33. The fourth-order valence-corrected chi connectivity index (χ4v) is 4.81. The average molecular weight is 375 g/mol. The fraction of sp³-hybridized carbons (Fsp3) is 0.231. The van der Waals surface area contributed by atoms with Gasteiger partial charge in [-0.15, -0.1) is 11.3 Å². The fourth-order valence-electron chi connectivity index (χ4n) is 1.67. The van der Waals surface area contributed by atoms with Crippen molar-refractivity contribution in [2.75, 3.05) is 0 Å². The Morgan fingerprint density at radius 2 is 1.76 bits per heavy atom. The molecule has 1 aromatic heterocycles. The minimum atomic E-state index is 0.0942. The molecule has 2 aromatic rings. The van der Waals surface area contributed by atoms with E-state index in [9.17, 15) is 0 Å². The third kappa shape index (κ3) is 2.81. The smallest absolute Gasteiger partial charge is 0.0368 e. The van der Waals surface area contributed by atoms with Gasteiger partial charge in [0.1, 0.15) is 0 Å². The number of benzene rings is 1. The van der Waals surface area contributed by atoms with Crippen LogP contribution in [0, 0.1) is 6.92 Å². The van der Waals surface area contributed by atoms with Crippen LogP contribution in [-0.2, 0) is 0 Å². The molecule has 2 N–H and O–H groups in total. The number of nitrogens with two attached hydrogens (primary N) is 1. The molecular formula is C13H13Br2NS. The molecule has 0 amide bonds. The molecule has 0 spiro atoms. The number of aryl methyl sites for hydroxylation is 1. The molecule has 0 fully saturated rings. The number of halogens is 2. The van der Waals surface area contributed by atoms with Crippen LogP contribution >= 0.6 is 43.2 Å². The van der Waals surface area contributed by atoms with E-state index in [4.69, 9.17) is 5.73 Å². The molecule has 0 aliphatic carbocycles. The Morgan fingerprint density at radius 3 is 2.24 bits per heavy atom. The second-order valence-corrected chi connectivity index (χ2v) is 6.92. The van der Waals surface area contributed by atoms with Crippen LogP contribution in [-0.4, -0.2) is 0 Å². The number of thiophene rings is 1. The van der Waals surface area contributed by atoms with Gasteiger partial charge in [0.25, 0.3) is 0 Å². The summed E-state index contributed by atoms with van der Waals surface area (Å²) >= 11 is 9.00. The monoisotopic (exact) mass is 373 g/mol. The van der Waals surface area contributed by atoms with Gasteiger partial charge in [-0.25, -0.2) is 0 Å². The first-order chi connectivity index (χ1) is 7.99. The van der Waals surface area contributed by atoms with Crippen molar-refractivity contribution >= 4 is 43.2 Å². The summed E-state index contributed by atoms with van der Waals surface area (Å²) in [6, 6.07) is 8.58. The van der Waals surface area contributed by atoms with E-state index in [0.717, 1.165) is 8.95 Å². The first kappa shape index (κ1) is 13.3. The third-order valence-electron chi connectivity index (χ3n) is 2.51. The van der Waals surface area contributed by atoms with E-state index in [0.29, 0.717) is 0 Å². The molecule has 1 nitrogen and oxygen atoms in total. The normalized spacial score (nSPS) is 12.8. The van der Waals surface area contributed by atoms with E-state index in [1.54, 1.807) is 11.3 Å². The third-order valence-corrected chi connectivity index (χ3v) is 5.06. The Balaban J connectivity index is 2.52. The lowest BCUT2D eigenvalue weighted by atomic mass is 10.1. The Bertz CT molecular complexity index is 523. The maximum Gasteiger partial charge on any atom is 0.0368 e. The van der Waals surface area contributed by atoms with Crippen molar-refractivity contribution in [3.05, 3.63) is 43.7 Å². The van der Waals surface area contributed by atoms with E-state index in [-0.39, 0.29) is 6.04 Å². The molecule has 0 aliphatic heterocycles. The SMILES string of the molecule is Cc1cc(Br)c(-c2ccc(C(C)N)s2)c(Br)c1. The van der Waals surface area contributed by atoms with Gasteiger partial charge in [0.15, 0.2) is 0 Å². The van der Waals surface area contributed by atoms with Gasteiger partial charge in [-0.05, 0) is 43.7 Å². The van der Waals surface area contributed by atoms with Crippen molar-refractivity contribution in [2.45, 2.75) is 19.9 Å². The highest BCUT2D eigenvalue weighted by atomic mass is 79.9. The molecule has 0 radical (unpaired) electrons. The second-order valence-electron chi connectivity index (χ2n) is 4.09. The zero-order valence-electron chi connectivity index (χ0n) is 9.63. The number of rotatable bonds is 2. The van der Waals surface area contributed by atoms with Gasteiger partial charge in [-0.1, -0.05) is 31.9 Å². The van der Waals surface area contributed by atoms with Crippen LogP contribution in [0.2, 0.25) is 0 Å². The van der Waals surface area contributed by atoms with E-state index in [1.807, 2.05) is 6.92 Å². The van der Waals surface area contributed by atoms with Crippen LogP contribution in [0.1, 0.15) is 23.4 Å². The molecule has 90 valence electrons. The molecule has 1 heterocycles. The summed E-state index contributed by atoms with van der Waals surface area (Å²) in [5, 5.41) is 0. The van der Waals surface area contributed by atoms with E-state index in [2.05, 4.69) is 63.0 Å². The molecule has 4 heteroatoms. The van der Waals surface area contributed by atoms with Gasteiger partial charge in [0.2, 0.25) is 0 Å². The van der Waals surface area contributed by atoms with Crippen LogP contribution in [0.15, 0.2) is 33.2 Å². The summed E-state index contributed by atoms with van der Waals surface area (Å²) in [5.74, 6) is 0. The lowest BCUT2D eigenvalue weighted by Gasteiger charge is -2.07. The molecule has 1 aromatic carbocycles. The molecule has 0 bridgehead atoms. The first-order valence-electron chi connectivity index (χ1n) is 5.30. The summed E-state index contributed by atoms with van der Waals surface area (Å²) < 4.78 is 2.23. The lowest BCUT2D eigenvalue weighted by molar-refractivity contribution is 0.838. The predicted molar refractivity (Wildman–Crippen MR) is 82.5 cm³/mol. The average Bonchev–Trinajstić information content (AvgIpc) is 2.65. The summed E-state index contributed by atoms with van der Waals surface area (Å²) in [4.78, 5) is 2.44. The first-order valence-corrected chi connectivity index (χ1v) is 7.70. The molecule has 0 aliphatic rings. The van der Waals surface area contributed by atoms with Crippen LogP contribution in [0.5, 0.6) is 0 Å². The van der Waals surface area contributed by atoms with Gasteiger partial charge in [0.05, 0.1) is 0 Å². The minimum absolute atomic E-state index is 0.0942. The number of hydrogen-bond donors (Lipinski definition) is 1. The highest BCUT2D eigenvalue weighted by Crippen LogP contribution is 2.40. The number of hydrogen-bond acceptors (Lipinski definition) is 2. The van der Waals surface area contributed by atoms with E-state index in [1.165, 1.54) is 20.9 Å². The van der Waals surface area contributed by atoms with Crippen molar-refractivity contribution in [1.82, 2.24) is 0 Å². The van der Waals surface area contributed by atoms with Crippen LogP contribution < -0.4 is 5.73 Å². The van der Waals surface area contributed by atoms with Gasteiger partial charge in [-0.2, -0.15) is 0 Å². The van der Waals surface area contributed by atoms with Gasteiger partial charge >= 0.3 is 0 Å². The van der Waals surface area contributed by atoms with Gasteiger partial charge < -0.3 is 5.73 Å². The highest BCUT2D eigenvalue weighted by molar-refractivity contribution is 9.11. The lowest BCUT2D eigenvalue weighted by Crippen LogP contribution is -2.01. The van der Waals surface area contributed by atoms with Gasteiger partial charge in [0, 0.05) is 30.3 Å². The van der Waals surface area contributed by atoms with E-state index >= 15 is 0 Å². The standard InChI is InChI=1S/C13H13Br2NS/c1-7-5-9(14)13(10(15)6-7)12-4-3-11(17-12)8(2)16/h3-6,8H,16H2,1-2H3. The van der Waals surface area contributed by atoms with Gasteiger partial charge in [-0.3, -0.25) is 0 Å². The summed E-state index contributed by atoms with van der Waals surface area (Å²) in [7, 11) is 0. The summed E-state index contributed by atoms with van der Waals surface area (Å²) in [6.45, 7) is 4.09. The van der Waals surface area contributed by atoms with Crippen LogP contribution in [0.4, 0.5) is 0 Å². The van der Waals surface area contributed by atoms with Crippen molar-refractivity contribution in [3.63, 3.8) is 0 Å². The van der Waals surface area contributed by atoms with E-state index < -0.39 is 0 Å². The Labute approximate surface area is 122 Å². The Kier molecular flexibility index (Phi) is 4.08. The maximum atomic E-state index is 5.89. The van der Waals surface area contributed by atoms with Crippen LogP contribution in [0.3, 0.4) is 0 Å². The quantitative estimate of drug-likeness (QED) is 0.761. The molecule has 1 unspecified atom stereocenters. The Hall–Kier alpha value is -0.160. The van der Waals surface area contributed by atoms with Crippen molar-refractivity contribution in [2.24, 2.45) is 5.73 Å². The van der Waals surface area contributed by atoms with Crippen molar-refractivity contribution in [3.8, 4) is 10.4 Å². The largest absolute Gasteiger partial charge is 0.324 e.